The number of halogens is 3. The fourth-order valence-electron chi connectivity index (χ4n) is 3.25. The van der Waals surface area contributed by atoms with Crippen LogP contribution < -0.4 is 4.90 Å². The van der Waals surface area contributed by atoms with E-state index in [0.29, 0.717) is 34.6 Å². The second-order valence-electron chi connectivity index (χ2n) is 6.98. The van der Waals surface area contributed by atoms with Gasteiger partial charge in [-0.2, -0.15) is 13.2 Å². The highest BCUT2D eigenvalue weighted by atomic mass is 19.4. The molecule has 1 aromatic heterocycles. The van der Waals surface area contributed by atoms with E-state index >= 15 is 0 Å². The predicted octanol–water partition coefficient (Wildman–Crippen LogP) is 3.14. The Hall–Kier alpha value is -2.41. The molecule has 0 fully saturated rings. The van der Waals surface area contributed by atoms with Gasteiger partial charge in [0, 0.05) is 16.8 Å². The van der Waals surface area contributed by atoms with Crippen molar-refractivity contribution in [3.8, 4) is 0 Å². The molecule has 1 heterocycles. The number of hydrogen-bond donors (Lipinski definition) is 2. The van der Waals surface area contributed by atoms with Gasteiger partial charge in [0.05, 0.1) is 18.3 Å². The van der Waals surface area contributed by atoms with Gasteiger partial charge in [0.15, 0.2) is 11.8 Å². The lowest BCUT2D eigenvalue weighted by molar-refractivity contribution is -0.907. The van der Waals surface area contributed by atoms with Crippen molar-refractivity contribution in [3.05, 3.63) is 57.9 Å². The van der Waals surface area contributed by atoms with Crippen LogP contribution in [0.3, 0.4) is 0 Å². The van der Waals surface area contributed by atoms with Crippen LogP contribution >= 0.6 is 0 Å². The van der Waals surface area contributed by atoms with Gasteiger partial charge in [0.1, 0.15) is 6.54 Å². The highest BCUT2D eigenvalue weighted by molar-refractivity contribution is 6.04. The summed E-state index contributed by atoms with van der Waals surface area (Å²) in [4.78, 5) is 28.5. The number of aromatic nitrogens is 1. The number of Topliss-reactive ketones (excluding diaryl/α,β-unsaturated/α-hetero) is 2. The molecule has 1 aromatic carbocycles. The van der Waals surface area contributed by atoms with Gasteiger partial charge in [-0.1, -0.05) is 12.1 Å². The molecule has 146 valence electrons. The number of rotatable bonds is 6. The fourth-order valence-corrected chi connectivity index (χ4v) is 3.25. The van der Waals surface area contributed by atoms with Crippen molar-refractivity contribution in [3.63, 3.8) is 0 Å². The standard InChI is InChI=1S/C20H23F3N2O2/c1-11-17(14(4)26)12(2)24-18(11)19(27)13(3)25(5)10-15-6-8-16(9-7-15)20(21,22)23/h6-9,13,24H,10H2,1-5H3/p+1/t13-/m1/s1. The smallest absolute Gasteiger partial charge is 0.355 e. The number of carbonyl (C=O) groups excluding carboxylic acids is 2. The lowest BCUT2D eigenvalue weighted by Gasteiger charge is -2.21. The quantitative estimate of drug-likeness (QED) is 0.756. The number of likely N-dealkylation sites (N-methyl/N-ethyl adjacent to an activating group) is 1. The van der Waals surface area contributed by atoms with Crippen LogP contribution in [0.25, 0.3) is 0 Å². The molecule has 0 spiro atoms. The van der Waals surface area contributed by atoms with Gasteiger partial charge in [-0.05, 0) is 45.4 Å². The number of ketones is 2. The first-order chi connectivity index (χ1) is 12.4. The zero-order chi connectivity index (χ0) is 20.5. The van der Waals surface area contributed by atoms with Crippen LogP contribution in [0.1, 0.15) is 57.1 Å². The number of H-pyrrole nitrogens is 1. The van der Waals surface area contributed by atoms with Crippen molar-refractivity contribution in [2.45, 2.75) is 46.5 Å². The van der Waals surface area contributed by atoms with E-state index in [9.17, 15) is 22.8 Å². The number of alkyl halides is 3. The zero-order valence-electron chi connectivity index (χ0n) is 16.0. The number of hydrogen-bond acceptors (Lipinski definition) is 2. The fraction of sp³-hybridized carbons (Fsp3) is 0.400. The van der Waals surface area contributed by atoms with Crippen LogP contribution in [-0.4, -0.2) is 29.6 Å². The number of quaternary nitrogens is 1. The lowest BCUT2D eigenvalue weighted by atomic mass is 10.0. The van der Waals surface area contributed by atoms with Crippen LogP contribution in [0.5, 0.6) is 0 Å². The minimum absolute atomic E-state index is 0.0987. The average molecular weight is 381 g/mol. The molecule has 2 atom stereocenters. The summed E-state index contributed by atoms with van der Waals surface area (Å²) in [5, 5.41) is 0. The van der Waals surface area contributed by atoms with Crippen molar-refractivity contribution in [2.24, 2.45) is 0 Å². The van der Waals surface area contributed by atoms with Crippen molar-refractivity contribution < 1.29 is 27.7 Å². The molecule has 0 aliphatic carbocycles. The number of carbonyl (C=O) groups is 2. The van der Waals surface area contributed by atoms with E-state index in [1.54, 1.807) is 20.8 Å². The molecule has 2 rings (SSSR count). The highest BCUT2D eigenvalue weighted by Crippen LogP contribution is 2.29. The minimum atomic E-state index is -4.36. The van der Waals surface area contributed by atoms with E-state index in [4.69, 9.17) is 0 Å². The molecule has 0 aliphatic heterocycles. The van der Waals surface area contributed by atoms with Gasteiger partial charge in [0.2, 0.25) is 5.78 Å². The third-order valence-electron chi connectivity index (χ3n) is 4.93. The molecule has 0 saturated carbocycles. The van der Waals surface area contributed by atoms with Gasteiger partial charge >= 0.3 is 6.18 Å². The molecular formula is C20H24F3N2O2+. The first kappa shape index (κ1) is 20.9. The third-order valence-corrected chi connectivity index (χ3v) is 4.93. The van der Waals surface area contributed by atoms with E-state index in [0.717, 1.165) is 17.0 Å². The summed E-state index contributed by atoms with van der Waals surface area (Å²) in [7, 11) is 1.82. The van der Waals surface area contributed by atoms with Gasteiger partial charge in [-0.25, -0.2) is 0 Å². The molecule has 0 amide bonds. The summed E-state index contributed by atoms with van der Waals surface area (Å²) in [5.74, 6) is -0.231. The zero-order valence-corrected chi connectivity index (χ0v) is 16.0. The minimum Gasteiger partial charge on any atom is -0.355 e. The monoisotopic (exact) mass is 381 g/mol. The van der Waals surface area contributed by atoms with Gasteiger partial charge in [0.25, 0.3) is 0 Å². The highest BCUT2D eigenvalue weighted by Gasteiger charge is 2.31. The van der Waals surface area contributed by atoms with E-state index < -0.39 is 17.8 Å². The van der Waals surface area contributed by atoms with E-state index in [-0.39, 0.29) is 11.6 Å². The Morgan fingerprint density at radius 2 is 1.70 bits per heavy atom. The Bertz CT molecular complexity index is 851. The Morgan fingerprint density at radius 1 is 1.15 bits per heavy atom. The van der Waals surface area contributed by atoms with Crippen LogP contribution in [0.2, 0.25) is 0 Å². The molecule has 0 bridgehead atoms. The Balaban J connectivity index is 2.15. The van der Waals surface area contributed by atoms with Crippen LogP contribution in [0, 0.1) is 13.8 Å². The SMILES string of the molecule is CC(=O)c1c(C)[nH]c(C(=O)[C@@H](C)[NH+](C)Cc2ccc(C(F)(F)F)cc2)c1C. The molecule has 0 radical (unpaired) electrons. The van der Waals surface area contributed by atoms with Crippen LogP contribution in [0.4, 0.5) is 13.2 Å². The summed E-state index contributed by atoms with van der Waals surface area (Å²) in [6, 6.07) is 4.53. The Labute approximate surface area is 156 Å². The maximum Gasteiger partial charge on any atom is 0.416 e. The number of aromatic amines is 1. The molecule has 1 unspecified atom stereocenters. The van der Waals surface area contributed by atoms with E-state index in [1.807, 2.05) is 7.05 Å². The lowest BCUT2D eigenvalue weighted by Crippen LogP contribution is -3.12. The Kier molecular flexibility index (Phi) is 5.94. The summed E-state index contributed by atoms with van der Waals surface area (Å²) in [6.07, 6.45) is -4.36. The van der Waals surface area contributed by atoms with Crippen LogP contribution in [0.15, 0.2) is 24.3 Å². The number of benzene rings is 1. The van der Waals surface area contributed by atoms with Gasteiger partial charge < -0.3 is 9.88 Å². The summed E-state index contributed by atoms with van der Waals surface area (Å²) < 4.78 is 38.0. The summed E-state index contributed by atoms with van der Waals surface area (Å²) in [6.45, 7) is 7.13. The second kappa shape index (κ2) is 7.68. The largest absolute Gasteiger partial charge is 0.416 e. The van der Waals surface area contributed by atoms with Gasteiger partial charge in [-0.3, -0.25) is 9.59 Å². The molecule has 4 nitrogen and oxygen atoms in total. The van der Waals surface area contributed by atoms with Gasteiger partial charge in [-0.15, -0.1) is 0 Å². The van der Waals surface area contributed by atoms with E-state index in [1.165, 1.54) is 19.1 Å². The summed E-state index contributed by atoms with van der Waals surface area (Å²) in [5.41, 5.74) is 2.27. The van der Waals surface area contributed by atoms with Crippen LogP contribution in [-0.2, 0) is 12.7 Å². The topological polar surface area (TPSA) is 54.4 Å². The number of aryl methyl sites for hydroxylation is 1. The average Bonchev–Trinajstić information content (AvgIpc) is 2.87. The molecule has 27 heavy (non-hydrogen) atoms. The molecule has 0 aliphatic rings. The number of nitrogens with one attached hydrogen (secondary N) is 2. The van der Waals surface area contributed by atoms with E-state index in [2.05, 4.69) is 4.98 Å². The van der Waals surface area contributed by atoms with Crippen molar-refractivity contribution in [1.29, 1.82) is 0 Å². The molecule has 2 N–H and O–H groups in total. The molecule has 7 heteroatoms. The molecule has 0 saturated heterocycles. The second-order valence-corrected chi connectivity index (χ2v) is 6.98. The normalized spacial score (nSPS) is 14.1. The summed E-state index contributed by atoms with van der Waals surface area (Å²) >= 11 is 0. The predicted molar refractivity (Wildman–Crippen MR) is 96.1 cm³/mol. The van der Waals surface area contributed by atoms with Crippen molar-refractivity contribution >= 4 is 11.6 Å². The maximum atomic E-state index is 12.9. The Morgan fingerprint density at radius 3 is 2.15 bits per heavy atom. The van der Waals surface area contributed by atoms with Crippen molar-refractivity contribution in [2.75, 3.05) is 7.05 Å². The third kappa shape index (κ3) is 4.47. The first-order valence-electron chi connectivity index (χ1n) is 8.66. The molecule has 2 aromatic rings. The van der Waals surface area contributed by atoms with Crippen molar-refractivity contribution in [1.82, 2.24) is 4.98 Å². The maximum absolute atomic E-state index is 12.9. The first-order valence-corrected chi connectivity index (χ1v) is 8.66. The molecular weight excluding hydrogens is 357 g/mol.